The fraction of sp³-hybridized carbons (Fsp3) is 0.0909. The van der Waals surface area contributed by atoms with E-state index in [0.29, 0.717) is 0 Å². The minimum absolute atomic E-state index is 0.947. The Kier molecular flexibility index (Phi) is 1.51. The summed E-state index contributed by atoms with van der Waals surface area (Å²) in [5.74, 6) is 0. The summed E-state index contributed by atoms with van der Waals surface area (Å²) in [5.41, 5.74) is 3.66. The molecular formula is C11H11N. The predicted molar refractivity (Wildman–Crippen MR) is 52.0 cm³/mol. The van der Waals surface area contributed by atoms with E-state index in [1.165, 1.54) is 11.3 Å². The van der Waals surface area contributed by atoms with Crippen LogP contribution in [0.4, 0.5) is 5.69 Å². The van der Waals surface area contributed by atoms with Gasteiger partial charge in [-0.15, -0.1) is 0 Å². The quantitative estimate of drug-likeness (QED) is 0.605. The molecule has 0 saturated heterocycles. The molecule has 0 radical (unpaired) electrons. The lowest BCUT2D eigenvalue weighted by molar-refractivity contribution is 1.16. The second-order valence-electron chi connectivity index (χ2n) is 2.92. The van der Waals surface area contributed by atoms with Crippen LogP contribution in [0.1, 0.15) is 5.56 Å². The summed E-state index contributed by atoms with van der Waals surface area (Å²) < 4.78 is 0. The first-order valence-electron chi connectivity index (χ1n) is 4.00. The molecule has 0 saturated carbocycles. The van der Waals surface area contributed by atoms with Crippen molar-refractivity contribution in [2.24, 2.45) is 0 Å². The number of benzene rings is 1. The first-order chi connectivity index (χ1) is 5.83. The van der Waals surface area contributed by atoms with Crippen LogP contribution in [-0.2, 0) is 6.42 Å². The van der Waals surface area contributed by atoms with Gasteiger partial charge in [0.2, 0.25) is 0 Å². The monoisotopic (exact) mass is 157 g/mol. The standard InChI is InChI=1S/C11H11N/c1-3-12-9(2)8-10-6-4-5-7-11(10)12/h3-7H,1-2,8H2. The molecule has 0 fully saturated rings. The van der Waals surface area contributed by atoms with Crippen molar-refractivity contribution in [2.75, 3.05) is 4.90 Å². The molecule has 2 rings (SSSR count). The van der Waals surface area contributed by atoms with E-state index in [1.54, 1.807) is 0 Å². The molecule has 1 aromatic rings. The number of fused-ring (bicyclic) bond motifs is 1. The lowest BCUT2D eigenvalue weighted by atomic mass is 10.2. The van der Waals surface area contributed by atoms with Crippen LogP contribution in [0.15, 0.2) is 49.3 Å². The normalized spacial score (nSPS) is 14.7. The van der Waals surface area contributed by atoms with Crippen LogP contribution in [0.5, 0.6) is 0 Å². The van der Waals surface area contributed by atoms with Crippen molar-refractivity contribution >= 4 is 5.69 Å². The van der Waals surface area contributed by atoms with Crippen molar-refractivity contribution in [1.82, 2.24) is 0 Å². The molecule has 60 valence electrons. The van der Waals surface area contributed by atoms with Gasteiger partial charge >= 0.3 is 0 Å². The highest BCUT2D eigenvalue weighted by Gasteiger charge is 2.18. The first kappa shape index (κ1) is 7.17. The predicted octanol–water partition coefficient (Wildman–Crippen LogP) is 2.71. The summed E-state index contributed by atoms with van der Waals surface area (Å²) in [5, 5.41) is 0. The molecule has 0 atom stereocenters. The number of rotatable bonds is 1. The number of allylic oxidation sites excluding steroid dienone is 1. The Morgan fingerprint density at radius 3 is 2.83 bits per heavy atom. The molecular weight excluding hydrogens is 146 g/mol. The van der Waals surface area contributed by atoms with Crippen molar-refractivity contribution < 1.29 is 0 Å². The van der Waals surface area contributed by atoms with E-state index >= 15 is 0 Å². The summed E-state index contributed by atoms with van der Waals surface area (Å²) >= 11 is 0. The molecule has 0 spiro atoms. The maximum absolute atomic E-state index is 3.98. The summed E-state index contributed by atoms with van der Waals surface area (Å²) in [6, 6.07) is 8.31. The van der Waals surface area contributed by atoms with Crippen LogP contribution < -0.4 is 4.90 Å². The van der Waals surface area contributed by atoms with Gasteiger partial charge in [-0.05, 0) is 11.6 Å². The lowest BCUT2D eigenvalue weighted by Crippen LogP contribution is -2.07. The Bertz CT molecular complexity index is 339. The highest BCUT2D eigenvalue weighted by molar-refractivity contribution is 5.66. The fourth-order valence-electron chi connectivity index (χ4n) is 1.60. The molecule has 1 nitrogen and oxygen atoms in total. The third-order valence-electron chi connectivity index (χ3n) is 2.17. The third-order valence-corrected chi connectivity index (χ3v) is 2.17. The van der Waals surface area contributed by atoms with Gasteiger partial charge in [-0.2, -0.15) is 0 Å². The summed E-state index contributed by atoms with van der Waals surface area (Å²) in [4.78, 5) is 2.04. The molecule has 1 heterocycles. The molecule has 0 amide bonds. The zero-order valence-electron chi connectivity index (χ0n) is 6.96. The zero-order valence-corrected chi connectivity index (χ0v) is 6.96. The Labute approximate surface area is 72.6 Å². The molecule has 1 aliphatic rings. The summed E-state index contributed by atoms with van der Waals surface area (Å²) in [6.07, 6.45) is 2.76. The second-order valence-corrected chi connectivity index (χ2v) is 2.92. The van der Waals surface area contributed by atoms with Gasteiger partial charge in [0.1, 0.15) is 0 Å². The van der Waals surface area contributed by atoms with E-state index < -0.39 is 0 Å². The largest absolute Gasteiger partial charge is 0.321 e. The maximum Gasteiger partial charge on any atom is 0.0487 e. The van der Waals surface area contributed by atoms with Crippen molar-refractivity contribution in [2.45, 2.75) is 6.42 Å². The van der Waals surface area contributed by atoms with Crippen LogP contribution in [0.2, 0.25) is 0 Å². The molecule has 0 N–H and O–H groups in total. The number of nitrogens with zero attached hydrogens (tertiary/aromatic N) is 1. The Morgan fingerprint density at radius 2 is 2.08 bits per heavy atom. The lowest BCUT2D eigenvalue weighted by Gasteiger charge is -2.13. The van der Waals surface area contributed by atoms with Gasteiger partial charge in [-0.1, -0.05) is 31.4 Å². The number of hydrogen-bond acceptors (Lipinski definition) is 1. The van der Waals surface area contributed by atoms with E-state index in [0.717, 1.165) is 12.1 Å². The zero-order chi connectivity index (χ0) is 8.55. The SMILES string of the molecule is C=CN1C(=C)Cc2ccccc21. The molecule has 12 heavy (non-hydrogen) atoms. The van der Waals surface area contributed by atoms with E-state index in [2.05, 4.69) is 31.4 Å². The maximum atomic E-state index is 3.98. The van der Waals surface area contributed by atoms with Crippen LogP contribution in [-0.4, -0.2) is 0 Å². The van der Waals surface area contributed by atoms with Crippen molar-refractivity contribution in [1.29, 1.82) is 0 Å². The topological polar surface area (TPSA) is 3.24 Å². The number of para-hydroxylation sites is 1. The van der Waals surface area contributed by atoms with Crippen LogP contribution in [0, 0.1) is 0 Å². The summed E-state index contributed by atoms with van der Waals surface area (Å²) in [6.45, 7) is 7.73. The highest BCUT2D eigenvalue weighted by Crippen LogP contribution is 2.32. The fourth-order valence-corrected chi connectivity index (χ4v) is 1.60. The van der Waals surface area contributed by atoms with Crippen molar-refractivity contribution in [3.05, 3.63) is 54.9 Å². The average Bonchev–Trinajstić information content (AvgIpc) is 2.40. The molecule has 0 aromatic heterocycles. The smallest absolute Gasteiger partial charge is 0.0487 e. The molecule has 1 heteroatoms. The van der Waals surface area contributed by atoms with E-state index in [4.69, 9.17) is 0 Å². The first-order valence-corrected chi connectivity index (χ1v) is 4.00. The van der Waals surface area contributed by atoms with Crippen LogP contribution in [0.3, 0.4) is 0 Å². The van der Waals surface area contributed by atoms with Gasteiger partial charge in [-0.25, -0.2) is 0 Å². The van der Waals surface area contributed by atoms with E-state index in [-0.39, 0.29) is 0 Å². The minimum Gasteiger partial charge on any atom is -0.321 e. The van der Waals surface area contributed by atoms with Gasteiger partial charge < -0.3 is 4.90 Å². The van der Waals surface area contributed by atoms with Crippen LogP contribution >= 0.6 is 0 Å². The molecule has 0 bridgehead atoms. The van der Waals surface area contributed by atoms with E-state index in [9.17, 15) is 0 Å². The Balaban J connectivity index is 2.54. The molecule has 1 aliphatic heterocycles. The Hall–Kier alpha value is -1.50. The molecule has 0 unspecified atom stereocenters. The van der Waals surface area contributed by atoms with E-state index in [1.807, 2.05) is 17.2 Å². The Morgan fingerprint density at radius 1 is 1.33 bits per heavy atom. The van der Waals surface area contributed by atoms with Gasteiger partial charge in [-0.3, -0.25) is 0 Å². The van der Waals surface area contributed by atoms with Crippen LogP contribution in [0.25, 0.3) is 0 Å². The van der Waals surface area contributed by atoms with Crippen molar-refractivity contribution in [3.8, 4) is 0 Å². The van der Waals surface area contributed by atoms with Gasteiger partial charge in [0, 0.05) is 24.0 Å². The highest BCUT2D eigenvalue weighted by atomic mass is 15.1. The minimum atomic E-state index is 0.947. The van der Waals surface area contributed by atoms with Crippen molar-refractivity contribution in [3.63, 3.8) is 0 Å². The molecule has 1 aromatic carbocycles. The third kappa shape index (κ3) is 0.866. The number of anilines is 1. The average molecular weight is 157 g/mol. The number of hydrogen-bond donors (Lipinski definition) is 0. The second kappa shape index (κ2) is 2.52. The van der Waals surface area contributed by atoms with Gasteiger partial charge in [0.15, 0.2) is 0 Å². The van der Waals surface area contributed by atoms with Gasteiger partial charge in [0.25, 0.3) is 0 Å². The molecule has 0 aliphatic carbocycles. The van der Waals surface area contributed by atoms with Gasteiger partial charge in [0.05, 0.1) is 0 Å². The summed E-state index contributed by atoms with van der Waals surface area (Å²) in [7, 11) is 0.